The zero-order chi connectivity index (χ0) is 21.6. The molecule has 1 fully saturated rings. The number of aromatic nitrogens is 2. The van der Waals surface area contributed by atoms with Gasteiger partial charge in [0.25, 0.3) is 0 Å². The number of nitrogens with one attached hydrogen (secondary N) is 3. The van der Waals surface area contributed by atoms with Crippen LogP contribution in [0.2, 0.25) is 0 Å². The molecule has 7 heteroatoms. The minimum absolute atomic E-state index is 0.103. The Kier molecular flexibility index (Phi) is 6.50. The molecule has 2 aromatic carbocycles. The summed E-state index contributed by atoms with van der Waals surface area (Å²) >= 11 is 0. The number of para-hydroxylation sites is 1. The first-order valence-electron chi connectivity index (χ1n) is 10.9. The molecule has 31 heavy (non-hydrogen) atoms. The van der Waals surface area contributed by atoms with E-state index in [4.69, 9.17) is 9.97 Å². The lowest BCUT2D eigenvalue weighted by Gasteiger charge is -2.30. The van der Waals surface area contributed by atoms with Gasteiger partial charge < -0.3 is 20.9 Å². The lowest BCUT2D eigenvalue weighted by molar-refractivity contribution is 0.231. The van der Waals surface area contributed by atoms with Gasteiger partial charge in [0, 0.05) is 38.1 Å². The summed E-state index contributed by atoms with van der Waals surface area (Å²) in [7, 11) is 4.00. The molecule has 1 saturated carbocycles. The van der Waals surface area contributed by atoms with Crippen molar-refractivity contribution >= 4 is 28.7 Å². The molecule has 0 atom stereocenters. The highest BCUT2D eigenvalue weighted by atomic mass is 16.2. The number of hydrogen-bond donors (Lipinski definition) is 3. The number of amides is 2. The van der Waals surface area contributed by atoms with Crippen molar-refractivity contribution in [1.82, 2.24) is 20.6 Å². The summed E-state index contributed by atoms with van der Waals surface area (Å²) in [4.78, 5) is 23.7. The summed E-state index contributed by atoms with van der Waals surface area (Å²) in [6.45, 7) is 0.539. The molecule has 1 heterocycles. The van der Waals surface area contributed by atoms with E-state index in [-0.39, 0.29) is 12.1 Å². The number of carbonyl (C=O) groups is 1. The van der Waals surface area contributed by atoms with Crippen LogP contribution in [0.5, 0.6) is 0 Å². The molecular formula is C24H30N6O. The zero-order valence-electron chi connectivity index (χ0n) is 18.1. The zero-order valence-corrected chi connectivity index (χ0v) is 18.1. The molecule has 0 radical (unpaired) electrons. The molecule has 4 rings (SSSR count). The van der Waals surface area contributed by atoms with Gasteiger partial charge in [0.15, 0.2) is 0 Å². The molecule has 0 aliphatic heterocycles. The van der Waals surface area contributed by atoms with Crippen molar-refractivity contribution in [3.63, 3.8) is 0 Å². The summed E-state index contributed by atoms with van der Waals surface area (Å²) in [5.41, 5.74) is 2.03. The number of fused-ring (bicyclic) bond motifs is 1. The number of hydrogen-bond acceptors (Lipinski definition) is 5. The Balaban J connectivity index is 1.29. The summed E-state index contributed by atoms with van der Waals surface area (Å²) in [5.74, 6) is 1.58. The number of rotatable bonds is 6. The van der Waals surface area contributed by atoms with Gasteiger partial charge in [-0.05, 0) is 43.4 Å². The number of urea groups is 1. The van der Waals surface area contributed by atoms with E-state index >= 15 is 0 Å². The molecule has 1 aliphatic rings. The van der Waals surface area contributed by atoms with Gasteiger partial charge in [0.05, 0.1) is 5.52 Å². The highest BCUT2D eigenvalue weighted by Gasteiger charge is 2.23. The van der Waals surface area contributed by atoms with Crippen molar-refractivity contribution in [2.24, 2.45) is 0 Å². The predicted molar refractivity (Wildman–Crippen MR) is 125 cm³/mol. The van der Waals surface area contributed by atoms with Crippen LogP contribution in [0, 0.1) is 0 Å². The van der Waals surface area contributed by atoms with E-state index in [0.29, 0.717) is 18.5 Å². The molecule has 162 valence electrons. The van der Waals surface area contributed by atoms with Gasteiger partial charge >= 0.3 is 6.03 Å². The van der Waals surface area contributed by atoms with Gasteiger partial charge in [-0.2, -0.15) is 4.98 Å². The normalized spacial score (nSPS) is 18.4. The summed E-state index contributed by atoms with van der Waals surface area (Å²) in [5, 5.41) is 10.6. The minimum atomic E-state index is -0.103. The van der Waals surface area contributed by atoms with Crippen molar-refractivity contribution in [3.05, 3.63) is 60.2 Å². The maximum atomic E-state index is 12.2. The molecule has 3 N–H and O–H groups in total. The van der Waals surface area contributed by atoms with Crippen LogP contribution in [0.25, 0.3) is 10.9 Å². The van der Waals surface area contributed by atoms with E-state index in [0.717, 1.165) is 48.0 Å². The van der Waals surface area contributed by atoms with Gasteiger partial charge in [-0.3, -0.25) is 0 Å². The number of anilines is 2. The lowest BCUT2D eigenvalue weighted by Crippen LogP contribution is -2.44. The second kappa shape index (κ2) is 9.64. The maximum Gasteiger partial charge on any atom is 0.315 e. The number of carbonyl (C=O) groups excluding carboxylic acids is 1. The molecule has 0 spiro atoms. The number of nitrogens with zero attached hydrogens (tertiary/aromatic N) is 3. The summed E-state index contributed by atoms with van der Waals surface area (Å²) < 4.78 is 0. The Morgan fingerprint density at radius 2 is 1.61 bits per heavy atom. The Labute approximate surface area is 183 Å². The van der Waals surface area contributed by atoms with Gasteiger partial charge in [-0.15, -0.1) is 0 Å². The topological polar surface area (TPSA) is 82.2 Å². The third-order valence-corrected chi connectivity index (χ3v) is 5.70. The SMILES string of the molecule is CN(C)c1nc(NC2CCC(NC(=O)NCc3ccccc3)CC2)nc2ccccc12. The van der Waals surface area contributed by atoms with E-state index in [2.05, 4.69) is 16.0 Å². The van der Waals surface area contributed by atoms with Gasteiger partial charge in [0.1, 0.15) is 5.82 Å². The largest absolute Gasteiger partial charge is 0.362 e. The third kappa shape index (κ3) is 5.42. The third-order valence-electron chi connectivity index (χ3n) is 5.70. The van der Waals surface area contributed by atoms with E-state index in [1.165, 1.54) is 0 Å². The Hall–Kier alpha value is -3.35. The molecule has 0 saturated heterocycles. The van der Waals surface area contributed by atoms with Crippen LogP contribution in [0.15, 0.2) is 54.6 Å². The van der Waals surface area contributed by atoms with E-state index in [1.807, 2.05) is 73.6 Å². The minimum Gasteiger partial charge on any atom is -0.362 e. The quantitative estimate of drug-likeness (QED) is 0.565. The first-order valence-corrected chi connectivity index (χ1v) is 10.9. The highest BCUT2D eigenvalue weighted by Crippen LogP contribution is 2.26. The van der Waals surface area contributed by atoms with E-state index in [9.17, 15) is 4.79 Å². The fourth-order valence-electron chi connectivity index (χ4n) is 4.04. The monoisotopic (exact) mass is 418 g/mol. The molecule has 0 bridgehead atoms. The molecule has 2 amide bonds. The second-order valence-electron chi connectivity index (χ2n) is 8.29. The Bertz CT molecular complexity index is 1020. The van der Waals surface area contributed by atoms with Crippen LogP contribution in [0.4, 0.5) is 16.6 Å². The lowest BCUT2D eigenvalue weighted by atomic mass is 9.91. The predicted octanol–water partition coefficient (Wildman–Crippen LogP) is 3.92. The van der Waals surface area contributed by atoms with Crippen molar-refractivity contribution in [3.8, 4) is 0 Å². The van der Waals surface area contributed by atoms with Gasteiger partial charge in [0.2, 0.25) is 5.95 Å². The van der Waals surface area contributed by atoms with Crippen LogP contribution in [0.1, 0.15) is 31.2 Å². The van der Waals surface area contributed by atoms with Crippen molar-refractivity contribution in [2.75, 3.05) is 24.3 Å². The van der Waals surface area contributed by atoms with Crippen LogP contribution < -0.4 is 20.9 Å². The average Bonchev–Trinajstić information content (AvgIpc) is 2.79. The first kappa shape index (κ1) is 20.9. The molecule has 1 aromatic heterocycles. The molecule has 3 aromatic rings. The maximum absolute atomic E-state index is 12.2. The van der Waals surface area contributed by atoms with Crippen LogP contribution in [0.3, 0.4) is 0 Å². The van der Waals surface area contributed by atoms with Crippen LogP contribution >= 0.6 is 0 Å². The standard InChI is InChI=1S/C24H30N6O/c1-30(2)22-20-10-6-7-11-21(20)28-23(29-22)26-18-12-14-19(15-13-18)27-24(31)25-16-17-8-4-3-5-9-17/h3-11,18-19H,12-16H2,1-2H3,(H2,25,27,31)(H,26,28,29). The summed E-state index contributed by atoms with van der Waals surface area (Å²) in [6.07, 6.45) is 3.81. The smallest absolute Gasteiger partial charge is 0.315 e. The number of benzene rings is 2. The molecule has 7 nitrogen and oxygen atoms in total. The second-order valence-corrected chi connectivity index (χ2v) is 8.29. The van der Waals surface area contributed by atoms with Crippen LogP contribution in [-0.4, -0.2) is 42.2 Å². The fraction of sp³-hybridized carbons (Fsp3) is 0.375. The Morgan fingerprint density at radius 3 is 2.35 bits per heavy atom. The van der Waals surface area contributed by atoms with Crippen molar-refractivity contribution < 1.29 is 4.79 Å². The molecular weight excluding hydrogens is 388 g/mol. The van der Waals surface area contributed by atoms with Crippen molar-refractivity contribution in [2.45, 2.75) is 44.3 Å². The van der Waals surface area contributed by atoms with Gasteiger partial charge in [-0.25, -0.2) is 9.78 Å². The molecule has 0 unspecified atom stereocenters. The first-order chi connectivity index (χ1) is 15.1. The fourth-order valence-corrected chi connectivity index (χ4v) is 4.04. The Morgan fingerprint density at radius 1 is 0.935 bits per heavy atom. The van der Waals surface area contributed by atoms with E-state index in [1.54, 1.807) is 0 Å². The van der Waals surface area contributed by atoms with E-state index < -0.39 is 0 Å². The van der Waals surface area contributed by atoms with Gasteiger partial charge in [-0.1, -0.05) is 42.5 Å². The van der Waals surface area contributed by atoms with Crippen molar-refractivity contribution in [1.29, 1.82) is 0 Å². The average molecular weight is 419 g/mol. The highest BCUT2D eigenvalue weighted by molar-refractivity contribution is 5.90. The van der Waals surface area contributed by atoms with Crippen LogP contribution in [-0.2, 0) is 6.54 Å². The molecule has 1 aliphatic carbocycles. The summed E-state index contributed by atoms with van der Waals surface area (Å²) in [6, 6.07) is 18.4.